The molecule has 6 nitrogen and oxygen atoms in total. The van der Waals surface area contributed by atoms with E-state index in [-0.39, 0.29) is 18.2 Å². The molecule has 0 spiro atoms. The number of nitrogens with two attached hydrogens (primary N) is 2. The first kappa shape index (κ1) is 16.2. The van der Waals surface area contributed by atoms with E-state index in [2.05, 4.69) is 15.0 Å². The molecule has 0 aliphatic rings. The van der Waals surface area contributed by atoms with Gasteiger partial charge in [0.05, 0.1) is 17.1 Å². The summed E-state index contributed by atoms with van der Waals surface area (Å²) in [4.78, 5) is 13.4. The number of benzene rings is 1. The van der Waals surface area contributed by atoms with E-state index >= 15 is 0 Å². The minimum absolute atomic E-state index is 0.168. The van der Waals surface area contributed by atoms with E-state index in [0.29, 0.717) is 22.6 Å². The molecule has 0 saturated carbocycles. The van der Waals surface area contributed by atoms with Crippen molar-refractivity contribution in [3.8, 4) is 22.5 Å². The summed E-state index contributed by atoms with van der Waals surface area (Å²) in [6, 6.07) is 10.0. The van der Waals surface area contributed by atoms with Gasteiger partial charge in [-0.3, -0.25) is 0 Å². The van der Waals surface area contributed by atoms with Crippen LogP contribution < -0.4 is 11.5 Å². The highest BCUT2D eigenvalue weighted by Crippen LogP contribution is 2.31. The summed E-state index contributed by atoms with van der Waals surface area (Å²) in [5.74, 6) is -0.104. The average molecular weight is 348 g/mol. The molecule has 3 aromatic heterocycles. The van der Waals surface area contributed by atoms with Crippen LogP contribution in [0.15, 0.2) is 48.8 Å². The van der Waals surface area contributed by atoms with Gasteiger partial charge < -0.3 is 15.9 Å². The van der Waals surface area contributed by atoms with Crippen molar-refractivity contribution >= 4 is 11.5 Å². The van der Waals surface area contributed by atoms with E-state index in [0.717, 1.165) is 16.9 Å². The third-order valence-corrected chi connectivity index (χ3v) is 4.25. The molecule has 26 heavy (non-hydrogen) atoms. The standard InChI is InChI=1S/C19H17FN6/c1-11-9-23-16-6-5-13(10-26(11)16)18-17(12-3-2-4-14(20)7-12)25-19(22)15(8-21)24-18/h2-7,9-10H,8,21H2,1H3,(H2,22,25). The lowest BCUT2D eigenvalue weighted by atomic mass is 10.0. The molecule has 0 fully saturated rings. The number of anilines is 1. The van der Waals surface area contributed by atoms with Gasteiger partial charge in [0, 0.05) is 35.8 Å². The highest BCUT2D eigenvalue weighted by Gasteiger charge is 2.16. The highest BCUT2D eigenvalue weighted by atomic mass is 19.1. The fourth-order valence-corrected chi connectivity index (χ4v) is 2.91. The van der Waals surface area contributed by atoms with Crippen LogP contribution in [0.25, 0.3) is 28.2 Å². The van der Waals surface area contributed by atoms with Crippen LogP contribution in [-0.4, -0.2) is 19.4 Å². The second kappa shape index (κ2) is 6.20. The first-order chi connectivity index (χ1) is 12.6. The third-order valence-electron chi connectivity index (χ3n) is 4.25. The summed E-state index contributed by atoms with van der Waals surface area (Å²) < 4.78 is 15.7. The van der Waals surface area contributed by atoms with Gasteiger partial charge in [-0.25, -0.2) is 19.3 Å². The van der Waals surface area contributed by atoms with Crippen molar-refractivity contribution in [1.29, 1.82) is 0 Å². The molecular weight excluding hydrogens is 331 g/mol. The molecule has 4 aromatic rings. The number of pyridine rings is 1. The Morgan fingerprint density at radius 2 is 1.88 bits per heavy atom. The lowest BCUT2D eigenvalue weighted by Crippen LogP contribution is -2.09. The molecule has 1 aromatic carbocycles. The molecular formula is C19H17FN6. The molecule has 4 N–H and O–H groups in total. The van der Waals surface area contributed by atoms with E-state index in [1.807, 2.05) is 29.7 Å². The van der Waals surface area contributed by atoms with Crippen LogP contribution in [-0.2, 0) is 6.54 Å². The van der Waals surface area contributed by atoms with Gasteiger partial charge in [0.1, 0.15) is 17.3 Å². The van der Waals surface area contributed by atoms with Crippen molar-refractivity contribution in [1.82, 2.24) is 19.4 Å². The predicted octanol–water partition coefficient (Wildman–Crippen LogP) is 2.95. The lowest BCUT2D eigenvalue weighted by molar-refractivity contribution is 0.628. The summed E-state index contributed by atoms with van der Waals surface area (Å²) in [5.41, 5.74) is 16.6. The molecule has 0 aliphatic carbocycles. The smallest absolute Gasteiger partial charge is 0.147 e. The topological polar surface area (TPSA) is 95.1 Å². The van der Waals surface area contributed by atoms with Gasteiger partial charge in [-0.05, 0) is 31.2 Å². The first-order valence-electron chi connectivity index (χ1n) is 8.13. The van der Waals surface area contributed by atoms with Crippen LogP contribution >= 0.6 is 0 Å². The number of fused-ring (bicyclic) bond motifs is 1. The van der Waals surface area contributed by atoms with Crippen LogP contribution in [0.1, 0.15) is 11.4 Å². The van der Waals surface area contributed by atoms with E-state index < -0.39 is 0 Å². The van der Waals surface area contributed by atoms with E-state index in [9.17, 15) is 4.39 Å². The fourth-order valence-electron chi connectivity index (χ4n) is 2.91. The molecule has 7 heteroatoms. The van der Waals surface area contributed by atoms with E-state index in [4.69, 9.17) is 11.5 Å². The van der Waals surface area contributed by atoms with Gasteiger partial charge in [0.15, 0.2) is 0 Å². The maximum absolute atomic E-state index is 13.7. The largest absolute Gasteiger partial charge is 0.382 e. The molecule has 0 bridgehead atoms. The average Bonchev–Trinajstić information content (AvgIpc) is 3.02. The van der Waals surface area contributed by atoms with Gasteiger partial charge in [-0.15, -0.1) is 0 Å². The Labute approximate surface area is 149 Å². The van der Waals surface area contributed by atoms with Crippen molar-refractivity contribution in [2.45, 2.75) is 13.5 Å². The number of hydrogen-bond donors (Lipinski definition) is 2. The molecule has 0 saturated heterocycles. The van der Waals surface area contributed by atoms with Crippen molar-refractivity contribution in [3.05, 3.63) is 66.0 Å². The summed E-state index contributed by atoms with van der Waals surface area (Å²) in [6.07, 6.45) is 3.73. The van der Waals surface area contributed by atoms with Gasteiger partial charge in [-0.1, -0.05) is 12.1 Å². The molecule has 0 atom stereocenters. The molecule has 0 aliphatic heterocycles. The number of nitrogens with zero attached hydrogens (tertiary/aromatic N) is 4. The van der Waals surface area contributed by atoms with E-state index in [1.54, 1.807) is 18.3 Å². The second-order valence-corrected chi connectivity index (χ2v) is 6.01. The molecule has 0 amide bonds. The molecule has 130 valence electrons. The number of aromatic nitrogens is 4. The van der Waals surface area contributed by atoms with Gasteiger partial charge in [-0.2, -0.15) is 0 Å². The van der Waals surface area contributed by atoms with Gasteiger partial charge in [0.2, 0.25) is 0 Å². The maximum atomic E-state index is 13.7. The zero-order valence-electron chi connectivity index (χ0n) is 14.1. The van der Waals surface area contributed by atoms with Gasteiger partial charge in [0.25, 0.3) is 0 Å². The first-order valence-corrected chi connectivity index (χ1v) is 8.13. The summed E-state index contributed by atoms with van der Waals surface area (Å²) in [6.45, 7) is 2.14. The van der Waals surface area contributed by atoms with Crippen LogP contribution in [0, 0.1) is 12.7 Å². The monoisotopic (exact) mass is 348 g/mol. The molecule has 0 unspecified atom stereocenters. The predicted molar refractivity (Wildman–Crippen MR) is 98.7 cm³/mol. The fraction of sp³-hybridized carbons (Fsp3) is 0.105. The van der Waals surface area contributed by atoms with Crippen molar-refractivity contribution in [2.24, 2.45) is 5.73 Å². The number of halogens is 1. The van der Waals surface area contributed by atoms with Crippen LogP contribution in [0.3, 0.4) is 0 Å². The number of rotatable bonds is 3. The summed E-state index contributed by atoms with van der Waals surface area (Å²) >= 11 is 0. The quantitative estimate of drug-likeness (QED) is 0.593. The Hall–Kier alpha value is -3.32. The Kier molecular flexibility index (Phi) is 3.85. The van der Waals surface area contributed by atoms with E-state index in [1.165, 1.54) is 12.1 Å². The van der Waals surface area contributed by atoms with Crippen molar-refractivity contribution in [3.63, 3.8) is 0 Å². The number of nitrogen functional groups attached to an aromatic ring is 1. The molecule has 4 rings (SSSR count). The molecule has 0 radical (unpaired) electrons. The van der Waals surface area contributed by atoms with Crippen LogP contribution in [0.5, 0.6) is 0 Å². The van der Waals surface area contributed by atoms with Crippen LogP contribution in [0.4, 0.5) is 10.2 Å². The lowest BCUT2D eigenvalue weighted by Gasteiger charge is -2.13. The summed E-state index contributed by atoms with van der Waals surface area (Å²) in [7, 11) is 0. The Bertz CT molecular complexity index is 1120. The Morgan fingerprint density at radius 3 is 2.65 bits per heavy atom. The van der Waals surface area contributed by atoms with Gasteiger partial charge >= 0.3 is 0 Å². The Morgan fingerprint density at radius 1 is 1.08 bits per heavy atom. The molecule has 3 heterocycles. The minimum atomic E-state index is -0.349. The highest BCUT2D eigenvalue weighted by molar-refractivity contribution is 5.79. The SMILES string of the molecule is Cc1cnc2ccc(-c3nc(CN)c(N)nc3-c3cccc(F)c3)cn12. The number of aryl methyl sites for hydroxylation is 1. The minimum Gasteiger partial charge on any atom is -0.382 e. The zero-order valence-corrected chi connectivity index (χ0v) is 14.1. The summed E-state index contributed by atoms with van der Waals surface area (Å²) in [5, 5.41) is 0. The normalized spacial score (nSPS) is 11.2. The Balaban J connectivity index is 1.99. The third kappa shape index (κ3) is 2.68. The van der Waals surface area contributed by atoms with Crippen LogP contribution in [0.2, 0.25) is 0 Å². The number of imidazole rings is 1. The zero-order chi connectivity index (χ0) is 18.3. The number of hydrogen-bond acceptors (Lipinski definition) is 5. The second-order valence-electron chi connectivity index (χ2n) is 6.01. The maximum Gasteiger partial charge on any atom is 0.147 e. The van der Waals surface area contributed by atoms with Crippen molar-refractivity contribution in [2.75, 3.05) is 5.73 Å². The van der Waals surface area contributed by atoms with Crippen molar-refractivity contribution < 1.29 is 4.39 Å².